The number of aromatic nitrogens is 1. The topological polar surface area (TPSA) is 61.8 Å². The molecule has 0 radical (unpaired) electrons. The third kappa shape index (κ3) is 8.39. The average molecular weight is 579 g/mol. The summed E-state index contributed by atoms with van der Waals surface area (Å²) in [7, 11) is 0. The molecule has 1 fully saturated rings. The maximum Gasteiger partial charge on any atom is 0.416 e. The summed E-state index contributed by atoms with van der Waals surface area (Å²) in [6, 6.07) is 30.6. The van der Waals surface area contributed by atoms with Crippen LogP contribution >= 0.6 is 0 Å². The highest BCUT2D eigenvalue weighted by Gasteiger charge is 2.43. The minimum absolute atomic E-state index is 0.0762. The number of hydrogen-bond donors (Lipinski definition) is 1. The molecule has 42 heavy (non-hydrogen) atoms. The van der Waals surface area contributed by atoms with Gasteiger partial charge in [0.25, 0.3) is 0 Å². The number of ether oxygens (including phenoxy) is 4. The molecule has 1 aliphatic heterocycles. The van der Waals surface area contributed by atoms with Gasteiger partial charge in [-0.2, -0.15) is 13.2 Å². The Balaban J connectivity index is 1.38. The molecule has 2 heterocycles. The first kappa shape index (κ1) is 29.7. The van der Waals surface area contributed by atoms with Gasteiger partial charge in [-0.25, -0.2) is 4.98 Å². The van der Waals surface area contributed by atoms with Gasteiger partial charge in [-0.05, 0) is 28.8 Å². The molecule has 5 rings (SSSR count). The van der Waals surface area contributed by atoms with Crippen LogP contribution in [0, 0.1) is 0 Å². The van der Waals surface area contributed by atoms with E-state index in [1.165, 1.54) is 0 Å². The Morgan fingerprint density at radius 3 is 1.86 bits per heavy atom. The van der Waals surface area contributed by atoms with E-state index in [-0.39, 0.29) is 25.6 Å². The molecule has 1 unspecified atom stereocenters. The molecule has 220 valence electrons. The van der Waals surface area contributed by atoms with E-state index in [1.807, 2.05) is 91.0 Å². The van der Waals surface area contributed by atoms with Gasteiger partial charge in [-0.1, -0.05) is 91.0 Å². The van der Waals surface area contributed by atoms with E-state index in [9.17, 15) is 13.2 Å². The minimum atomic E-state index is -4.49. The maximum atomic E-state index is 13.4. The highest BCUT2D eigenvalue weighted by molar-refractivity contribution is 5.40. The second-order valence-electron chi connectivity index (χ2n) is 10.1. The van der Waals surface area contributed by atoms with Crippen molar-refractivity contribution in [2.75, 3.05) is 18.5 Å². The fourth-order valence-corrected chi connectivity index (χ4v) is 4.81. The molecule has 1 aromatic heterocycles. The predicted molar refractivity (Wildman–Crippen MR) is 153 cm³/mol. The van der Waals surface area contributed by atoms with Crippen molar-refractivity contribution in [1.82, 2.24) is 4.98 Å². The van der Waals surface area contributed by atoms with Gasteiger partial charge in [0, 0.05) is 6.20 Å². The summed E-state index contributed by atoms with van der Waals surface area (Å²) in [5.41, 5.74) is 2.17. The monoisotopic (exact) mass is 578 g/mol. The zero-order chi connectivity index (χ0) is 29.2. The van der Waals surface area contributed by atoms with Crippen LogP contribution in [0.2, 0.25) is 0 Å². The van der Waals surface area contributed by atoms with E-state index in [2.05, 4.69) is 10.3 Å². The molecule has 1 aliphatic rings. The first-order valence-corrected chi connectivity index (χ1v) is 13.8. The standard InChI is InChI=1S/C33H33F3N2O4/c34-33(35,36)27-16-17-37-30(18-27)38-28-22-40-29(23-39-19-24-10-4-1-5-11-24)32(42-21-26-14-8-3-9-15-26)31(28)41-20-25-12-6-2-7-13-25/h1-18,28-29,31-32H,19-23H2,(H,37,38)/t28-,29+,31?,32-/m0/s1. The largest absolute Gasteiger partial charge is 0.416 e. The quantitative estimate of drug-likeness (QED) is 0.203. The molecule has 1 saturated heterocycles. The summed E-state index contributed by atoms with van der Waals surface area (Å²) >= 11 is 0. The fraction of sp³-hybridized carbons (Fsp3) is 0.303. The second kappa shape index (κ2) is 14.4. The molecular formula is C33H33F3N2O4. The second-order valence-corrected chi connectivity index (χ2v) is 10.1. The Bertz CT molecular complexity index is 1360. The number of nitrogens with zero attached hydrogens (tertiary/aromatic N) is 1. The summed E-state index contributed by atoms with van der Waals surface area (Å²) in [5.74, 6) is 0.0762. The van der Waals surface area contributed by atoms with Gasteiger partial charge in [0.05, 0.1) is 44.6 Å². The summed E-state index contributed by atoms with van der Waals surface area (Å²) in [4.78, 5) is 4.13. The van der Waals surface area contributed by atoms with E-state index in [1.54, 1.807) is 0 Å². The number of alkyl halides is 3. The minimum Gasteiger partial charge on any atom is -0.374 e. The molecule has 6 nitrogen and oxygen atoms in total. The number of benzene rings is 3. The number of anilines is 1. The molecule has 3 aromatic carbocycles. The highest BCUT2D eigenvalue weighted by atomic mass is 19.4. The predicted octanol–water partition coefficient (Wildman–Crippen LogP) is 6.67. The van der Waals surface area contributed by atoms with E-state index < -0.39 is 36.1 Å². The van der Waals surface area contributed by atoms with Crippen LogP contribution in [0.1, 0.15) is 22.3 Å². The first-order chi connectivity index (χ1) is 20.5. The maximum absolute atomic E-state index is 13.4. The summed E-state index contributed by atoms with van der Waals surface area (Å²) in [6.07, 6.45) is -5.02. The number of pyridine rings is 1. The van der Waals surface area contributed by atoms with Crippen molar-refractivity contribution < 1.29 is 32.1 Å². The zero-order valence-electron chi connectivity index (χ0n) is 23.0. The van der Waals surface area contributed by atoms with Gasteiger partial charge >= 0.3 is 6.18 Å². The summed E-state index contributed by atoms with van der Waals surface area (Å²) < 4.78 is 65.4. The van der Waals surface area contributed by atoms with Crippen LogP contribution in [0.4, 0.5) is 19.0 Å². The Kier molecular flexibility index (Phi) is 10.2. The Morgan fingerprint density at radius 2 is 1.29 bits per heavy atom. The Hall–Kier alpha value is -3.76. The SMILES string of the molecule is FC(F)(F)c1ccnc(N[C@H]2CO[C@H](COCc3ccccc3)[C@H](OCc3ccccc3)C2OCc2ccccc2)c1. The smallest absolute Gasteiger partial charge is 0.374 e. The van der Waals surface area contributed by atoms with Crippen LogP contribution in [0.15, 0.2) is 109 Å². The summed E-state index contributed by atoms with van der Waals surface area (Å²) in [6.45, 7) is 1.37. The van der Waals surface area contributed by atoms with Crippen molar-refractivity contribution in [3.05, 3.63) is 132 Å². The van der Waals surface area contributed by atoms with Crippen LogP contribution in [0.3, 0.4) is 0 Å². The van der Waals surface area contributed by atoms with Gasteiger partial charge in [0.15, 0.2) is 0 Å². The highest BCUT2D eigenvalue weighted by Crippen LogP contribution is 2.31. The molecule has 9 heteroatoms. The van der Waals surface area contributed by atoms with Crippen LogP contribution in [-0.4, -0.2) is 42.6 Å². The average Bonchev–Trinajstić information content (AvgIpc) is 3.01. The van der Waals surface area contributed by atoms with Crippen molar-refractivity contribution in [2.24, 2.45) is 0 Å². The third-order valence-electron chi connectivity index (χ3n) is 6.96. The normalized spacial score (nSPS) is 20.7. The lowest BCUT2D eigenvalue weighted by molar-refractivity contribution is -0.201. The van der Waals surface area contributed by atoms with E-state index >= 15 is 0 Å². The van der Waals surface area contributed by atoms with E-state index in [4.69, 9.17) is 18.9 Å². The van der Waals surface area contributed by atoms with Gasteiger partial charge < -0.3 is 24.3 Å². The van der Waals surface area contributed by atoms with Crippen molar-refractivity contribution in [3.63, 3.8) is 0 Å². The number of rotatable bonds is 12. The molecule has 0 spiro atoms. The number of halogens is 3. The van der Waals surface area contributed by atoms with Gasteiger partial charge in [-0.3, -0.25) is 0 Å². The molecular weight excluding hydrogens is 545 g/mol. The van der Waals surface area contributed by atoms with Crippen molar-refractivity contribution >= 4 is 5.82 Å². The molecule has 0 amide bonds. The number of hydrogen-bond acceptors (Lipinski definition) is 6. The molecule has 1 N–H and O–H groups in total. The van der Waals surface area contributed by atoms with E-state index in [0.717, 1.165) is 35.0 Å². The zero-order valence-corrected chi connectivity index (χ0v) is 23.0. The lowest BCUT2D eigenvalue weighted by Crippen LogP contribution is -2.59. The molecule has 0 saturated carbocycles. The molecule has 4 aromatic rings. The Labute approximate surface area is 243 Å². The van der Waals surface area contributed by atoms with Crippen LogP contribution in [0.25, 0.3) is 0 Å². The van der Waals surface area contributed by atoms with Gasteiger partial charge in [-0.15, -0.1) is 0 Å². The van der Waals surface area contributed by atoms with Crippen molar-refractivity contribution in [2.45, 2.75) is 50.4 Å². The van der Waals surface area contributed by atoms with Crippen molar-refractivity contribution in [1.29, 1.82) is 0 Å². The van der Waals surface area contributed by atoms with Gasteiger partial charge in [0.2, 0.25) is 0 Å². The molecule has 0 aliphatic carbocycles. The molecule has 4 atom stereocenters. The lowest BCUT2D eigenvalue weighted by atomic mass is 9.97. The van der Waals surface area contributed by atoms with Crippen LogP contribution < -0.4 is 5.32 Å². The first-order valence-electron chi connectivity index (χ1n) is 13.8. The van der Waals surface area contributed by atoms with Crippen molar-refractivity contribution in [3.8, 4) is 0 Å². The van der Waals surface area contributed by atoms with Crippen LogP contribution in [-0.2, 0) is 44.9 Å². The van der Waals surface area contributed by atoms with Crippen LogP contribution in [0.5, 0.6) is 0 Å². The van der Waals surface area contributed by atoms with Gasteiger partial charge in [0.1, 0.15) is 24.1 Å². The van der Waals surface area contributed by atoms with E-state index in [0.29, 0.717) is 13.2 Å². The molecule has 0 bridgehead atoms. The lowest BCUT2D eigenvalue weighted by Gasteiger charge is -2.42. The fourth-order valence-electron chi connectivity index (χ4n) is 4.81. The third-order valence-corrected chi connectivity index (χ3v) is 6.96. The Morgan fingerprint density at radius 1 is 0.738 bits per heavy atom. The number of nitrogens with one attached hydrogen (secondary N) is 1. The summed E-state index contributed by atoms with van der Waals surface area (Å²) in [5, 5.41) is 3.13.